The average Bonchev–Trinajstić information content (AvgIpc) is 3.05. The van der Waals surface area contributed by atoms with Crippen LogP contribution in [0, 0.1) is 5.82 Å². The number of nitrogens with two attached hydrogens (primary N) is 1. The number of nitrogens with zero attached hydrogens (tertiary/aromatic N) is 1. The summed E-state index contributed by atoms with van der Waals surface area (Å²) >= 11 is 5.89. The van der Waals surface area contributed by atoms with Crippen LogP contribution >= 0.6 is 11.6 Å². The zero-order chi connectivity index (χ0) is 25.7. The van der Waals surface area contributed by atoms with Gasteiger partial charge in [0.05, 0.1) is 18.0 Å². The molecule has 2 aromatic carbocycles. The van der Waals surface area contributed by atoms with E-state index in [4.69, 9.17) is 17.3 Å². The zero-order valence-corrected chi connectivity index (χ0v) is 18.6. The number of piperidine rings is 1. The second kappa shape index (κ2) is 8.95. The molecule has 0 aliphatic carbocycles. The van der Waals surface area contributed by atoms with Crippen molar-refractivity contribution in [2.24, 2.45) is 5.73 Å². The highest BCUT2D eigenvalue weighted by Gasteiger charge is 2.51. The van der Waals surface area contributed by atoms with E-state index in [0.717, 1.165) is 17.0 Å². The maximum Gasteiger partial charge on any atom is 0.389 e. The van der Waals surface area contributed by atoms with Gasteiger partial charge in [-0.15, -0.1) is 0 Å². The quantitative estimate of drug-likeness (QED) is 0.472. The van der Waals surface area contributed by atoms with Gasteiger partial charge >= 0.3 is 6.18 Å². The minimum absolute atomic E-state index is 0.0820. The number of carbonyl (C=O) groups is 4. The molecule has 0 saturated carbocycles. The van der Waals surface area contributed by atoms with Crippen LogP contribution in [0.3, 0.4) is 0 Å². The first kappa shape index (κ1) is 24.6. The lowest BCUT2D eigenvalue weighted by Gasteiger charge is -2.38. The third-order valence-corrected chi connectivity index (χ3v) is 6.43. The van der Waals surface area contributed by atoms with E-state index in [1.165, 1.54) is 24.3 Å². The van der Waals surface area contributed by atoms with Gasteiger partial charge in [0, 0.05) is 28.5 Å². The van der Waals surface area contributed by atoms with Gasteiger partial charge in [-0.3, -0.25) is 24.5 Å². The molecule has 12 heteroatoms. The predicted molar refractivity (Wildman–Crippen MR) is 115 cm³/mol. The number of hydrogen-bond donors (Lipinski definition) is 2. The van der Waals surface area contributed by atoms with Gasteiger partial charge < -0.3 is 10.6 Å². The zero-order valence-electron chi connectivity index (χ0n) is 17.9. The second-order valence-corrected chi connectivity index (χ2v) is 8.79. The molecule has 0 bridgehead atoms. The van der Waals surface area contributed by atoms with E-state index in [2.05, 4.69) is 5.32 Å². The third-order valence-electron chi connectivity index (χ3n) is 6.18. The summed E-state index contributed by atoms with van der Waals surface area (Å²) in [7, 11) is 0. The van der Waals surface area contributed by atoms with Crippen LogP contribution in [0.25, 0.3) is 0 Å². The van der Waals surface area contributed by atoms with E-state index >= 15 is 4.39 Å². The SMILES string of the molecule is NC(=O)c1ccc2c(c1F)C([C@@H](CC(F)(F)F)c1ccc(Cl)cc1)N(C1CCC(=O)NC1=O)C2=O. The minimum atomic E-state index is -4.75. The monoisotopic (exact) mass is 511 g/mol. The van der Waals surface area contributed by atoms with Crippen molar-refractivity contribution in [2.45, 2.75) is 43.4 Å². The first-order valence-electron chi connectivity index (χ1n) is 10.5. The Hall–Kier alpha value is -3.47. The summed E-state index contributed by atoms with van der Waals surface area (Å²) in [5.41, 5.74) is 3.97. The number of carbonyl (C=O) groups excluding carboxylic acids is 4. The van der Waals surface area contributed by atoms with Gasteiger partial charge in [0.25, 0.3) is 11.8 Å². The molecule has 7 nitrogen and oxygen atoms in total. The summed E-state index contributed by atoms with van der Waals surface area (Å²) in [6, 6.07) is 4.46. The molecule has 2 aliphatic heterocycles. The van der Waals surface area contributed by atoms with Gasteiger partial charge in [-0.1, -0.05) is 23.7 Å². The Labute approximate surface area is 201 Å². The number of imide groups is 1. The van der Waals surface area contributed by atoms with Crippen LogP contribution < -0.4 is 11.1 Å². The normalized spacial score (nSPS) is 21.1. The molecule has 0 aromatic heterocycles. The number of amides is 4. The molecule has 2 heterocycles. The first-order valence-corrected chi connectivity index (χ1v) is 10.9. The van der Waals surface area contributed by atoms with Crippen LogP contribution in [0.4, 0.5) is 17.6 Å². The predicted octanol–water partition coefficient (Wildman–Crippen LogP) is 3.62. The van der Waals surface area contributed by atoms with Gasteiger partial charge in [0.15, 0.2) is 0 Å². The standard InChI is InChI=1S/C23H18ClF4N3O4/c24-11-3-1-10(2-4-11)14(9-23(26,27)28)19-17-12(5-6-13(18(17)25)20(29)33)22(35)31(19)15-7-8-16(32)30-21(15)34/h1-6,14-15,19H,7-9H2,(H2,29,33)(H,30,32,34)/t14-,15?,19?/m0/s1. The Bertz CT molecular complexity index is 1230. The number of hydrogen-bond acceptors (Lipinski definition) is 4. The minimum Gasteiger partial charge on any atom is -0.366 e. The molecule has 0 spiro atoms. The first-order chi connectivity index (χ1) is 16.4. The highest BCUT2D eigenvalue weighted by Crippen LogP contribution is 2.50. The van der Waals surface area contributed by atoms with Crippen molar-refractivity contribution in [3.63, 3.8) is 0 Å². The number of primary amides is 1. The molecular weight excluding hydrogens is 494 g/mol. The van der Waals surface area contributed by atoms with E-state index in [9.17, 15) is 32.3 Å². The Morgan fingerprint density at radius 3 is 2.37 bits per heavy atom. The van der Waals surface area contributed by atoms with Crippen LogP contribution in [0.5, 0.6) is 0 Å². The Morgan fingerprint density at radius 1 is 1.14 bits per heavy atom. The van der Waals surface area contributed by atoms with Gasteiger partial charge in [0.1, 0.15) is 11.9 Å². The molecule has 3 N–H and O–H groups in total. The van der Waals surface area contributed by atoms with Crippen LogP contribution in [-0.2, 0) is 9.59 Å². The van der Waals surface area contributed by atoms with E-state index in [-0.39, 0.29) is 29.0 Å². The van der Waals surface area contributed by atoms with Crippen molar-refractivity contribution in [1.82, 2.24) is 10.2 Å². The molecule has 3 atom stereocenters. The Morgan fingerprint density at radius 2 is 1.80 bits per heavy atom. The van der Waals surface area contributed by atoms with Crippen molar-refractivity contribution in [1.29, 1.82) is 0 Å². The molecule has 2 unspecified atom stereocenters. The summed E-state index contributed by atoms with van der Waals surface area (Å²) in [4.78, 5) is 50.4. The highest BCUT2D eigenvalue weighted by atomic mass is 35.5. The summed E-state index contributed by atoms with van der Waals surface area (Å²) in [5, 5.41) is 2.32. The Kier molecular flexibility index (Phi) is 6.31. The van der Waals surface area contributed by atoms with Crippen LogP contribution in [-0.4, -0.2) is 40.7 Å². The summed E-state index contributed by atoms with van der Waals surface area (Å²) < 4.78 is 56.9. The molecule has 184 valence electrons. The molecule has 2 aromatic rings. The number of nitrogens with one attached hydrogen (secondary N) is 1. The van der Waals surface area contributed by atoms with Gasteiger partial charge in [-0.2, -0.15) is 13.2 Å². The van der Waals surface area contributed by atoms with Crippen LogP contribution in [0.1, 0.15) is 63.1 Å². The van der Waals surface area contributed by atoms with E-state index < -0.39 is 71.2 Å². The number of halogens is 5. The molecule has 4 amide bonds. The van der Waals surface area contributed by atoms with Crippen molar-refractivity contribution >= 4 is 35.2 Å². The average molecular weight is 512 g/mol. The summed E-state index contributed by atoms with van der Waals surface area (Å²) in [5.74, 6) is -6.35. The molecular formula is C23H18ClF4N3O4. The van der Waals surface area contributed by atoms with Crippen molar-refractivity contribution in [3.8, 4) is 0 Å². The second-order valence-electron chi connectivity index (χ2n) is 8.35. The van der Waals surface area contributed by atoms with Crippen molar-refractivity contribution in [3.05, 3.63) is 69.5 Å². The van der Waals surface area contributed by atoms with E-state index in [1.807, 2.05) is 0 Å². The summed E-state index contributed by atoms with van der Waals surface area (Å²) in [6.45, 7) is 0. The fourth-order valence-electron chi connectivity index (χ4n) is 4.71. The van der Waals surface area contributed by atoms with Crippen molar-refractivity contribution in [2.75, 3.05) is 0 Å². The fourth-order valence-corrected chi connectivity index (χ4v) is 4.84. The summed E-state index contributed by atoms with van der Waals surface area (Å²) in [6.07, 6.45) is -6.55. The van der Waals surface area contributed by atoms with E-state index in [0.29, 0.717) is 0 Å². The number of fused-ring (bicyclic) bond motifs is 1. The lowest BCUT2D eigenvalue weighted by molar-refractivity contribution is -0.144. The lowest BCUT2D eigenvalue weighted by Crippen LogP contribution is -2.54. The van der Waals surface area contributed by atoms with Gasteiger partial charge in [-0.05, 0) is 36.2 Å². The maximum atomic E-state index is 15.6. The molecule has 1 saturated heterocycles. The van der Waals surface area contributed by atoms with Gasteiger partial charge in [0.2, 0.25) is 11.8 Å². The molecule has 2 aliphatic rings. The fraction of sp³-hybridized carbons (Fsp3) is 0.304. The van der Waals surface area contributed by atoms with Crippen LogP contribution in [0.2, 0.25) is 5.02 Å². The smallest absolute Gasteiger partial charge is 0.366 e. The number of alkyl halides is 3. The largest absolute Gasteiger partial charge is 0.389 e. The lowest BCUT2D eigenvalue weighted by atomic mass is 9.82. The molecule has 1 fully saturated rings. The topological polar surface area (TPSA) is 110 Å². The third kappa shape index (κ3) is 4.60. The highest BCUT2D eigenvalue weighted by molar-refractivity contribution is 6.30. The molecule has 35 heavy (non-hydrogen) atoms. The van der Waals surface area contributed by atoms with Crippen molar-refractivity contribution < 1.29 is 36.7 Å². The Balaban J connectivity index is 1.95. The molecule has 0 radical (unpaired) electrons. The van der Waals surface area contributed by atoms with Gasteiger partial charge in [-0.25, -0.2) is 4.39 Å². The van der Waals surface area contributed by atoms with Crippen LogP contribution in [0.15, 0.2) is 36.4 Å². The van der Waals surface area contributed by atoms with E-state index in [1.54, 1.807) is 0 Å². The number of rotatable bonds is 5. The number of benzene rings is 2. The maximum absolute atomic E-state index is 15.6. The molecule has 4 rings (SSSR count).